The van der Waals surface area contributed by atoms with Crippen molar-refractivity contribution < 1.29 is 9.59 Å². The molecule has 1 aliphatic heterocycles. The van der Waals surface area contributed by atoms with Crippen molar-refractivity contribution in [2.45, 2.75) is 19.3 Å². The average Bonchev–Trinajstić information content (AvgIpc) is 3.12. The normalized spacial score (nSPS) is 26.2. The summed E-state index contributed by atoms with van der Waals surface area (Å²) in [5, 5.41) is 5.18. The molecule has 1 aliphatic carbocycles. The summed E-state index contributed by atoms with van der Waals surface area (Å²) in [5.74, 6) is 0.911. The van der Waals surface area contributed by atoms with Gasteiger partial charge in [0, 0.05) is 44.5 Å². The lowest BCUT2D eigenvalue weighted by Crippen LogP contribution is -2.52. The predicted octanol–water partition coefficient (Wildman–Crippen LogP) is 2.05. The summed E-state index contributed by atoms with van der Waals surface area (Å²) < 4.78 is 0. The van der Waals surface area contributed by atoms with Gasteiger partial charge in [-0.2, -0.15) is 0 Å². The van der Waals surface area contributed by atoms with Crippen LogP contribution in [-0.2, 0) is 11.2 Å². The lowest BCUT2D eigenvalue weighted by atomic mass is 9.84. The second-order valence-corrected chi connectivity index (χ2v) is 7.86. The molecule has 5 nitrogen and oxygen atoms in total. The first-order valence-electron chi connectivity index (χ1n) is 8.32. The van der Waals surface area contributed by atoms with Gasteiger partial charge in [-0.15, -0.1) is 11.3 Å². The van der Waals surface area contributed by atoms with Crippen LogP contribution < -0.4 is 5.32 Å². The number of nitrogens with one attached hydrogen (secondary N) is 1. The van der Waals surface area contributed by atoms with Crippen molar-refractivity contribution in [2.24, 2.45) is 17.8 Å². The van der Waals surface area contributed by atoms with E-state index in [1.54, 1.807) is 30.3 Å². The van der Waals surface area contributed by atoms with E-state index in [4.69, 9.17) is 0 Å². The third-order valence-electron chi connectivity index (χ3n) is 5.04. The van der Waals surface area contributed by atoms with Gasteiger partial charge in [0.05, 0.1) is 0 Å². The van der Waals surface area contributed by atoms with Crippen molar-refractivity contribution >= 4 is 23.3 Å². The first kappa shape index (κ1) is 16.3. The summed E-state index contributed by atoms with van der Waals surface area (Å²) in [6.07, 6.45) is 3.02. The van der Waals surface area contributed by atoms with Crippen LogP contribution >= 0.6 is 11.3 Å². The van der Waals surface area contributed by atoms with Crippen molar-refractivity contribution in [3.63, 3.8) is 0 Å². The Balaban J connectivity index is 1.53. The van der Waals surface area contributed by atoms with Gasteiger partial charge in [0.1, 0.15) is 0 Å². The maximum atomic E-state index is 12.6. The van der Waals surface area contributed by atoms with E-state index in [0.717, 1.165) is 32.4 Å². The van der Waals surface area contributed by atoms with Gasteiger partial charge in [0.25, 0.3) is 0 Å². The minimum absolute atomic E-state index is 0.0680. The Hall–Kier alpha value is -1.56. The van der Waals surface area contributed by atoms with Crippen LogP contribution in [0.1, 0.15) is 17.7 Å². The van der Waals surface area contributed by atoms with Crippen molar-refractivity contribution in [3.05, 3.63) is 22.4 Å². The van der Waals surface area contributed by atoms with Gasteiger partial charge < -0.3 is 15.1 Å². The SMILES string of the molecule is CN(C)C(=O)N1CC2CCC(C1)C2C(=O)NCCc1cccs1. The zero-order chi connectivity index (χ0) is 16.4. The van der Waals surface area contributed by atoms with Crippen LogP contribution in [0.5, 0.6) is 0 Å². The third-order valence-corrected chi connectivity index (χ3v) is 5.98. The Morgan fingerprint density at radius 2 is 2.00 bits per heavy atom. The van der Waals surface area contributed by atoms with E-state index in [1.165, 1.54) is 4.88 Å². The van der Waals surface area contributed by atoms with E-state index < -0.39 is 0 Å². The van der Waals surface area contributed by atoms with Crippen LogP contribution in [0, 0.1) is 17.8 Å². The highest BCUT2D eigenvalue weighted by molar-refractivity contribution is 7.09. The number of carbonyl (C=O) groups excluding carboxylic acids is 2. The number of urea groups is 1. The van der Waals surface area contributed by atoms with Gasteiger partial charge >= 0.3 is 6.03 Å². The fraction of sp³-hybridized carbons (Fsp3) is 0.647. The van der Waals surface area contributed by atoms with Crippen LogP contribution in [0.25, 0.3) is 0 Å². The lowest BCUT2D eigenvalue weighted by molar-refractivity contribution is -0.128. The fourth-order valence-corrected chi connectivity index (χ4v) is 4.68. The number of hydrogen-bond donors (Lipinski definition) is 1. The molecule has 1 aromatic heterocycles. The van der Waals surface area contributed by atoms with Gasteiger partial charge in [-0.05, 0) is 42.5 Å². The number of amides is 3. The molecule has 2 aliphatic rings. The van der Waals surface area contributed by atoms with Gasteiger partial charge in [-0.25, -0.2) is 4.79 Å². The van der Waals surface area contributed by atoms with E-state index in [9.17, 15) is 9.59 Å². The minimum atomic E-state index is 0.0680. The van der Waals surface area contributed by atoms with Gasteiger partial charge in [-0.3, -0.25) is 4.79 Å². The molecular weight excluding hydrogens is 310 g/mol. The number of hydrogen-bond acceptors (Lipinski definition) is 3. The molecule has 3 amide bonds. The molecular formula is C17H25N3O2S. The maximum Gasteiger partial charge on any atom is 0.319 e. The highest BCUT2D eigenvalue weighted by atomic mass is 32.1. The Bertz CT molecular complexity index is 544. The molecule has 2 bridgehead atoms. The van der Waals surface area contributed by atoms with Crippen molar-refractivity contribution in [3.8, 4) is 0 Å². The van der Waals surface area contributed by atoms with Crippen molar-refractivity contribution in [2.75, 3.05) is 33.7 Å². The first-order chi connectivity index (χ1) is 11.1. The highest BCUT2D eigenvalue weighted by Gasteiger charge is 2.46. The molecule has 2 unspecified atom stereocenters. The van der Waals surface area contributed by atoms with Crippen LogP contribution in [-0.4, -0.2) is 55.5 Å². The lowest BCUT2D eigenvalue weighted by Gasteiger charge is -2.38. The Morgan fingerprint density at radius 3 is 2.57 bits per heavy atom. The predicted molar refractivity (Wildman–Crippen MR) is 91.4 cm³/mol. The van der Waals surface area contributed by atoms with E-state index in [-0.39, 0.29) is 17.9 Å². The van der Waals surface area contributed by atoms with Crippen LogP contribution in [0.15, 0.2) is 17.5 Å². The number of piperidine rings is 1. The number of carbonyl (C=O) groups is 2. The average molecular weight is 335 g/mol. The summed E-state index contributed by atoms with van der Waals surface area (Å²) in [6.45, 7) is 2.14. The molecule has 23 heavy (non-hydrogen) atoms. The molecule has 3 rings (SSSR count). The molecule has 2 heterocycles. The summed E-state index contributed by atoms with van der Waals surface area (Å²) in [7, 11) is 3.57. The molecule has 1 aromatic rings. The summed E-state index contributed by atoms with van der Waals surface area (Å²) >= 11 is 1.73. The molecule has 126 valence electrons. The molecule has 1 N–H and O–H groups in total. The molecule has 2 fully saturated rings. The molecule has 0 aromatic carbocycles. The number of fused-ring (bicyclic) bond motifs is 2. The fourth-order valence-electron chi connectivity index (χ4n) is 3.97. The van der Waals surface area contributed by atoms with Crippen molar-refractivity contribution in [1.29, 1.82) is 0 Å². The summed E-state index contributed by atoms with van der Waals surface area (Å²) in [4.78, 5) is 29.6. The van der Waals surface area contributed by atoms with E-state index in [1.807, 2.05) is 11.0 Å². The van der Waals surface area contributed by atoms with E-state index in [2.05, 4.69) is 16.8 Å². The molecule has 2 atom stereocenters. The Labute approximate surface area is 141 Å². The Morgan fingerprint density at radius 1 is 1.30 bits per heavy atom. The number of likely N-dealkylation sites (tertiary alicyclic amines) is 1. The zero-order valence-electron chi connectivity index (χ0n) is 13.8. The quantitative estimate of drug-likeness (QED) is 0.915. The second-order valence-electron chi connectivity index (χ2n) is 6.83. The second kappa shape index (κ2) is 6.91. The molecule has 1 saturated carbocycles. The van der Waals surface area contributed by atoms with E-state index >= 15 is 0 Å². The molecule has 1 saturated heterocycles. The van der Waals surface area contributed by atoms with Gasteiger partial charge in [-0.1, -0.05) is 6.07 Å². The topological polar surface area (TPSA) is 52.7 Å². The first-order valence-corrected chi connectivity index (χ1v) is 9.20. The molecule has 6 heteroatoms. The van der Waals surface area contributed by atoms with Gasteiger partial charge in [0.15, 0.2) is 0 Å². The summed E-state index contributed by atoms with van der Waals surface area (Å²) in [6, 6.07) is 4.21. The van der Waals surface area contributed by atoms with Crippen LogP contribution in [0.3, 0.4) is 0 Å². The monoisotopic (exact) mass is 335 g/mol. The zero-order valence-corrected chi connectivity index (χ0v) is 14.6. The summed E-state index contributed by atoms with van der Waals surface area (Å²) in [5.41, 5.74) is 0. The largest absolute Gasteiger partial charge is 0.355 e. The van der Waals surface area contributed by atoms with E-state index in [0.29, 0.717) is 18.4 Å². The van der Waals surface area contributed by atoms with Crippen molar-refractivity contribution in [1.82, 2.24) is 15.1 Å². The minimum Gasteiger partial charge on any atom is -0.355 e. The number of rotatable bonds is 4. The smallest absolute Gasteiger partial charge is 0.319 e. The van der Waals surface area contributed by atoms with Crippen LogP contribution in [0.2, 0.25) is 0 Å². The number of nitrogens with zero attached hydrogens (tertiary/aromatic N) is 2. The maximum absolute atomic E-state index is 12.6. The van der Waals surface area contributed by atoms with Gasteiger partial charge in [0.2, 0.25) is 5.91 Å². The highest BCUT2D eigenvalue weighted by Crippen LogP contribution is 2.42. The Kier molecular flexibility index (Phi) is 4.90. The van der Waals surface area contributed by atoms with Crippen LogP contribution in [0.4, 0.5) is 4.79 Å². The molecule has 0 spiro atoms. The third kappa shape index (κ3) is 3.52. The number of thiophene rings is 1. The molecule has 0 radical (unpaired) electrons. The standard InChI is InChI=1S/C17H25N3O2S/c1-19(2)17(22)20-10-12-5-6-13(11-20)15(12)16(21)18-8-7-14-4-3-9-23-14/h3-4,9,12-13,15H,5-8,10-11H2,1-2H3,(H,18,21).